The van der Waals surface area contributed by atoms with Crippen LogP contribution in [0, 0.1) is 0 Å². The van der Waals surface area contributed by atoms with Gasteiger partial charge in [-0.1, -0.05) is 35.5 Å². The number of rotatable bonds is 4. The van der Waals surface area contributed by atoms with E-state index in [1.54, 1.807) is 0 Å². The van der Waals surface area contributed by atoms with Gasteiger partial charge in [0.25, 0.3) is 0 Å². The van der Waals surface area contributed by atoms with Crippen molar-refractivity contribution in [3.63, 3.8) is 0 Å². The highest BCUT2D eigenvalue weighted by Gasteiger charge is 2.13. The first-order valence-electron chi connectivity index (χ1n) is 6.55. The first kappa shape index (κ1) is 13.6. The predicted molar refractivity (Wildman–Crippen MR) is 82.3 cm³/mol. The lowest BCUT2D eigenvalue weighted by atomic mass is 10.1. The van der Waals surface area contributed by atoms with Gasteiger partial charge in [0.2, 0.25) is 5.91 Å². The van der Waals surface area contributed by atoms with Crippen molar-refractivity contribution in [2.24, 2.45) is 0 Å². The van der Waals surface area contributed by atoms with Gasteiger partial charge in [-0.3, -0.25) is 4.79 Å². The van der Waals surface area contributed by atoms with Gasteiger partial charge in [0.15, 0.2) is 5.58 Å². The number of carbonyl (C=O) groups excluding carboxylic acids is 1. The van der Waals surface area contributed by atoms with Crippen LogP contribution in [-0.4, -0.2) is 11.1 Å². The number of nitrogens with one attached hydrogen (secondary N) is 1. The van der Waals surface area contributed by atoms with Gasteiger partial charge in [-0.15, -0.1) is 11.6 Å². The fraction of sp³-hybridized carbons (Fsp3) is 0.125. The molecule has 0 radical (unpaired) electrons. The van der Waals surface area contributed by atoms with Gasteiger partial charge >= 0.3 is 0 Å². The third-order valence-electron chi connectivity index (χ3n) is 3.22. The molecule has 1 N–H and O–H groups in total. The molecule has 3 rings (SSSR count). The summed E-state index contributed by atoms with van der Waals surface area (Å²) in [4.78, 5) is 12.2. The molecule has 0 fully saturated rings. The number of alkyl halides is 1. The van der Waals surface area contributed by atoms with E-state index in [4.69, 9.17) is 16.1 Å². The molecule has 0 aliphatic rings. The molecule has 1 heterocycles. The molecule has 1 amide bonds. The van der Waals surface area contributed by atoms with E-state index in [-0.39, 0.29) is 12.3 Å². The van der Waals surface area contributed by atoms with Crippen molar-refractivity contribution in [3.05, 3.63) is 59.8 Å². The highest BCUT2D eigenvalue weighted by Crippen LogP contribution is 2.20. The van der Waals surface area contributed by atoms with Crippen LogP contribution < -0.4 is 5.32 Å². The zero-order chi connectivity index (χ0) is 14.7. The molecule has 5 heteroatoms. The molecule has 106 valence electrons. The summed E-state index contributed by atoms with van der Waals surface area (Å²) in [7, 11) is 0. The Balaban J connectivity index is 1.77. The van der Waals surface area contributed by atoms with E-state index in [0.29, 0.717) is 17.2 Å². The number of anilines is 1. The maximum atomic E-state index is 12.2. The lowest BCUT2D eigenvalue weighted by Crippen LogP contribution is -2.15. The number of amides is 1. The summed E-state index contributed by atoms with van der Waals surface area (Å²) in [6.07, 6.45) is 0.160. The maximum absolute atomic E-state index is 12.2. The van der Waals surface area contributed by atoms with E-state index in [0.717, 1.165) is 16.6 Å². The fourth-order valence-electron chi connectivity index (χ4n) is 2.17. The highest BCUT2D eigenvalue weighted by molar-refractivity contribution is 6.17. The highest BCUT2D eigenvalue weighted by atomic mass is 35.5. The number of halogens is 1. The first-order valence-corrected chi connectivity index (χ1v) is 7.08. The molecule has 0 aliphatic carbocycles. The molecule has 0 unspecified atom stereocenters. The predicted octanol–water partition coefficient (Wildman–Crippen LogP) is 3.75. The van der Waals surface area contributed by atoms with Crippen LogP contribution in [0.3, 0.4) is 0 Å². The topological polar surface area (TPSA) is 55.1 Å². The third kappa shape index (κ3) is 2.90. The Labute approximate surface area is 126 Å². The average Bonchev–Trinajstić information content (AvgIpc) is 2.91. The van der Waals surface area contributed by atoms with Gasteiger partial charge < -0.3 is 9.84 Å². The van der Waals surface area contributed by atoms with Gasteiger partial charge in [0.05, 0.1) is 6.42 Å². The van der Waals surface area contributed by atoms with Crippen molar-refractivity contribution in [2.75, 3.05) is 5.32 Å². The van der Waals surface area contributed by atoms with Crippen LogP contribution in [0.25, 0.3) is 11.0 Å². The Kier molecular flexibility index (Phi) is 3.88. The Hall–Kier alpha value is -2.33. The smallest absolute Gasteiger partial charge is 0.230 e. The molecule has 4 nitrogen and oxygen atoms in total. The number of fused-ring (bicyclic) bond motifs is 1. The molecule has 21 heavy (non-hydrogen) atoms. The normalized spacial score (nSPS) is 10.7. The number of aromatic nitrogens is 1. The molecule has 2 aromatic carbocycles. The fourth-order valence-corrected chi connectivity index (χ4v) is 2.40. The molecule has 0 spiro atoms. The lowest BCUT2D eigenvalue weighted by Gasteiger charge is -2.08. The number of nitrogens with zero attached hydrogens (tertiary/aromatic N) is 1. The molecule has 0 saturated heterocycles. The Bertz CT molecular complexity index is 783. The molecule has 0 bridgehead atoms. The van der Waals surface area contributed by atoms with Crippen molar-refractivity contribution >= 4 is 34.2 Å². The monoisotopic (exact) mass is 300 g/mol. The summed E-state index contributed by atoms with van der Waals surface area (Å²) >= 11 is 5.86. The molecule has 1 aromatic heterocycles. The number of hydrogen-bond acceptors (Lipinski definition) is 3. The van der Waals surface area contributed by atoms with E-state index < -0.39 is 0 Å². The van der Waals surface area contributed by atoms with E-state index in [2.05, 4.69) is 10.5 Å². The van der Waals surface area contributed by atoms with Crippen LogP contribution in [-0.2, 0) is 17.1 Å². The summed E-state index contributed by atoms with van der Waals surface area (Å²) in [5, 5.41) is 7.68. The summed E-state index contributed by atoms with van der Waals surface area (Å²) in [5.41, 5.74) is 2.93. The van der Waals surface area contributed by atoms with E-state index in [9.17, 15) is 4.79 Å². The maximum Gasteiger partial charge on any atom is 0.230 e. The Morgan fingerprint density at radius 2 is 1.90 bits per heavy atom. The molecular weight excluding hydrogens is 288 g/mol. The van der Waals surface area contributed by atoms with Crippen LogP contribution in [0.2, 0.25) is 0 Å². The zero-order valence-corrected chi connectivity index (χ0v) is 11.9. The minimum Gasteiger partial charge on any atom is -0.356 e. The second kappa shape index (κ2) is 5.97. The van der Waals surface area contributed by atoms with E-state index in [1.165, 1.54) is 0 Å². The van der Waals surface area contributed by atoms with Crippen molar-refractivity contribution in [1.82, 2.24) is 5.16 Å². The number of hydrogen-bond donors (Lipinski definition) is 1. The van der Waals surface area contributed by atoms with Crippen LogP contribution in [0.1, 0.15) is 11.3 Å². The van der Waals surface area contributed by atoms with Gasteiger partial charge in [-0.05, 0) is 23.8 Å². The summed E-state index contributed by atoms with van der Waals surface area (Å²) in [6.45, 7) is 0. The molecule has 0 aliphatic heterocycles. The van der Waals surface area contributed by atoms with E-state index in [1.807, 2.05) is 48.5 Å². The van der Waals surface area contributed by atoms with Gasteiger partial charge in [-0.25, -0.2) is 0 Å². The Morgan fingerprint density at radius 3 is 2.76 bits per heavy atom. The molecule has 3 aromatic rings. The van der Waals surface area contributed by atoms with E-state index >= 15 is 0 Å². The number of para-hydroxylation sites is 2. The average molecular weight is 301 g/mol. The first-order chi connectivity index (χ1) is 10.3. The van der Waals surface area contributed by atoms with Crippen LogP contribution >= 0.6 is 11.6 Å². The largest absolute Gasteiger partial charge is 0.356 e. The van der Waals surface area contributed by atoms with Crippen molar-refractivity contribution < 1.29 is 9.32 Å². The lowest BCUT2D eigenvalue weighted by molar-refractivity contribution is -0.115. The zero-order valence-electron chi connectivity index (χ0n) is 11.2. The number of benzene rings is 2. The SMILES string of the molecule is O=C(Cc1noc2ccccc12)Nc1ccccc1CCl. The third-order valence-corrected chi connectivity index (χ3v) is 3.50. The van der Waals surface area contributed by atoms with Gasteiger partial charge in [0.1, 0.15) is 5.69 Å². The summed E-state index contributed by atoms with van der Waals surface area (Å²) in [5.74, 6) is 0.204. The number of carbonyl (C=O) groups is 1. The van der Waals surface area contributed by atoms with Crippen molar-refractivity contribution in [1.29, 1.82) is 0 Å². The molecular formula is C16H13ClN2O2. The van der Waals surface area contributed by atoms with Crippen LogP contribution in [0.15, 0.2) is 53.1 Å². The van der Waals surface area contributed by atoms with Crippen molar-refractivity contribution in [3.8, 4) is 0 Å². The second-order valence-electron chi connectivity index (χ2n) is 4.64. The quantitative estimate of drug-likeness (QED) is 0.747. The van der Waals surface area contributed by atoms with Gasteiger partial charge in [-0.2, -0.15) is 0 Å². The van der Waals surface area contributed by atoms with Gasteiger partial charge in [0, 0.05) is 17.0 Å². The van der Waals surface area contributed by atoms with Crippen molar-refractivity contribution in [2.45, 2.75) is 12.3 Å². The summed E-state index contributed by atoms with van der Waals surface area (Å²) in [6, 6.07) is 14.9. The second-order valence-corrected chi connectivity index (χ2v) is 4.91. The molecule has 0 atom stereocenters. The minimum atomic E-state index is -0.147. The Morgan fingerprint density at radius 1 is 1.14 bits per heavy atom. The molecule has 0 saturated carbocycles. The minimum absolute atomic E-state index is 0.147. The van der Waals surface area contributed by atoms with Crippen LogP contribution in [0.5, 0.6) is 0 Å². The standard InChI is InChI=1S/C16H13ClN2O2/c17-10-11-5-1-3-7-13(11)18-16(20)9-14-12-6-2-4-8-15(12)21-19-14/h1-8H,9-10H2,(H,18,20). The summed E-state index contributed by atoms with van der Waals surface area (Å²) < 4.78 is 5.19. The van der Waals surface area contributed by atoms with Crippen LogP contribution in [0.4, 0.5) is 5.69 Å².